The fraction of sp³-hybridized carbons (Fsp3) is 0.429. The van der Waals surface area contributed by atoms with E-state index in [0.29, 0.717) is 13.5 Å². The number of hydrogen-bond donors (Lipinski definition) is 2. The van der Waals surface area contributed by atoms with Crippen molar-refractivity contribution in [1.82, 2.24) is 15.1 Å². The lowest BCUT2D eigenvalue weighted by Crippen LogP contribution is -2.59. The van der Waals surface area contributed by atoms with Crippen LogP contribution < -0.4 is 10.6 Å². The monoisotopic (exact) mass is 418 g/mol. The number of rotatable bonds is 5. The van der Waals surface area contributed by atoms with E-state index in [4.69, 9.17) is 4.74 Å². The third kappa shape index (κ3) is 3.75. The maximum atomic E-state index is 15.0. The summed E-state index contributed by atoms with van der Waals surface area (Å²) < 4.78 is 51.0. The molecule has 1 aliphatic carbocycles. The van der Waals surface area contributed by atoms with Gasteiger partial charge in [0.05, 0.1) is 19.3 Å². The molecule has 158 valence electrons. The van der Waals surface area contributed by atoms with Gasteiger partial charge in [-0.25, -0.2) is 18.0 Å². The number of alkyl halides is 2. The largest absolute Gasteiger partial charge is 0.380 e. The van der Waals surface area contributed by atoms with Gasteiger partial charge in [0.1, 0.15) is 5.82 Å². The number of methoxy groups -OCH3 is 1. The first-order valence-corrected chi connectivity index (χ1v) is 9.54. The van der Waals surface area contributed by atoms with E-state index in [9.17, 15) is 18.0 Å². The Morgan fingerprint density at radius 2 is 2.17 bits per heavy atom. The summed E-state index contributed by atoms with van der Waals surface area (Å²) in [4.78, 5) is 12.2. The number of carbonyl (C=O) groups excluding carboxylic acids is 1. The first-order valence-electron chi connectivity index (χ1n) is 9.54. The predicted octanol–water partition coefficient (Wildman–Crippen LogP) is 3.62. The zero-order valence-electron chi connectivity index (χ0n) is 16.6. The van der Waals surface area contributed by atoms with Crippen LogP contribution in [-0.4, -0.2) is 28.8 Å². The van der Waals surface area contributed by atoms with Crippen LogP contribution in [0.15, 0.2) is 24.5 Å². The van der Waals surface area contributed by atoms with Gasteiger partial charge in [-0.05, 0) is 25.0 Å². The van der Waals surface area contributed by atoms with Crippen molar-refractivity contribution in [3.8, 4) is 11.8 Å². The average molecular weight is 418 g/mol. The fourth-order valence-electron chi connectivity index (χ4n) is 3.45. The third-order valence-electron chi connectivity index (χ3n) is 5.17. The maximum absolute atomic E-state index is 15.0. The van der Waals surface area contributed by atoms with E-state index in [1.807, 2.05) is 0 Å². The van der Waals surface area contributed by atoms with Crippen molar-refractivity contribution >= 4 is 11.7 Å². The highest BCUT2D eigenvalue weighted by atomic mass is 19.3. The topological polar surface area (TPSA) is 68.2 Å². The number of carbonyl (C=O) groups is 1. The minimum Gasteiger partial charge on any atom is -0.380 e. The molecular weight excluding hydrogens is 397 g/mol. The van der Waals surface area contributed by atoms with E-state index in [0.717, 1.165) is 24.5 Å². The van der Waals surface area contributed by atoms with Crippen molar-refractivity contribution in [3.63, 3.8) is 0 Å². The molecule has 2 aliphatic rings. The van der Waals surface area contributed by atoms with Crippen molar-refractivity contribution in [2.24, 2.45) is 5.92 Å². The first kappa shape index (κ1) is 20.3. The van der Waals surface area contributed by atoms with Crippen LogP contribution in [0, 0.1) is 23.6 Å². The van der Waals surface area contributed by atoms with Crippen LogP contribution in [0.1, 0.15) is 36.5 Å². The van der Waals surface area contributed by atoms with Crippen molar-refractivity contribution in [2.45, 2.75) is 44.4 Å². The van der Waals surface area contributed by atoms with E-state index in [1.54, 1.807) is 19.5 Å². The fourth-order valence-corrected chi connectivity index (χ4v) is 3.45. The summed E-state index contributed by atoms with van der Waals surface area (Å²) in [5, 5.41) is 8.90. The van der Waals surface area contributed by atoms with Crippen LogP contribution in [0.3, 0.4) is 0 Å². The van der Waals surface area contributed by atoms with Crippen LogP contribution in [0.2, 0.25) is 0 Å². The lowest BCUT2D eigenvalue weighted by molar-refractivity contribution is -0.0465. The molecule has 2 amide bonds. The molecule has 0 saturated heterocycles. The highest BCUT2D eigenvalue weighted by Gasteiger charge is 2.55. The smallest absolute Gasteiger partial charge is 0.320 e. The highest BCUT2D eigenvalue weighted by molar-refractivity contribution is 5.95. The van der Waals surface area contributed by atoms with Gasteiger partial charge in [-0.2, -0.15) is 5.10 Å². The van der Waals surface area contributed by atoms with Gasteiger partial charge in [-0.3, -0.25) is 4.68 Å². The van der Waals surface area contributed by atoms with Gasteiger partial charge < -0.3 is 15.4 Å². The molecule has 1 aliphatic heterocycles. The lowest BCUT2D eigenvalue weighted by Gasteiger charge is -2.40. The standard InChI is InChI=1S/C21H21F3N4O2/c1-20(23,24)21(6-5-13-3-4-13)16-8-17(22)15(7-18(16)26-19(29)27-21)11-28-10-14(9-25-28)12-30-2/h7-10,13H,3-4,11-12H2,1-2H3,(H2,26,27,29)/t21-/m0/s1. The maximum Gasteiger partial charge on any atom is 0.320 e. The van der Waals surface area contributed by atoms with Crippen LogP contribution in [-0.2, 0) is 23.4 Å². The number of urea groups is 1. The van der Waals surface area contributed by atoms with Crippen molar-refractivity contribution in [3.05, 3.63) is 47.0 Å². The quantitative estimate of drug-likeness (QED) is 0.729. The van der Waals surface area contributed by atoms with Crippen LogP contribution >= 0.6 is 0 Å². The zero-order chi connectivity index (χ0) is 21.5. The highest BCUT2D eigenvalue weighted by Crippen LogP contribution is 2.44. The molecule has 1 aromatic carbocycles. The second-order valence-electron chi connectivity index (χ2n) is 7.73. The Hall–Kier alpha value is -2.99. The number of aromatic nitrogens is 2. The molecule has 0 bridgehead atoms. The predicted molar refractivity (Wildman–Crippen MR) is 103 cm³/mol. The molecule has 2 N–H and O–H groups in total. The molecule has 1 saturated carbocycles. The van der Waals surface area contributed by atoms with E-state index in [1.165, 1.54) is 10.7 Å². The summed E-state index contributed by atoms with van der Waals surface area (Å²) >= 11 is 0. The van der Waals surface area contributed by atoms with Gasteiger partial charge in [0.2, 0.25) is 0 Å². The Labute approximate surface area is 171 Å². The van der Waals surface area contributed by atoms with E-state index in [2.05, 4.69) is 27.6 Å². The first-order chi connectivity index (χ1) is 14.2. The molecule has 2 aromatic rings. The van der Waals surface area contributed by atoms with E-state index in [-0.39, 0.29) is 29.3 Å². The molecule has 0 spiro atoms. The number of nitrogens with zero attached hydrogens (tertiary/aromatic N) is 2. The molecular formula is C21H21F3N4O2. The molecule has 9 heteroatoms. The number of nitrogens with one attached hydrogen (secondary N) is 2. The number of ether oxygens (including phenoxy) is 1. The van der Waals surface area contributed by atoms with Gasteiger partial charge in [0.15, 0.2) is 5.54 Å². The number of anilines is 1. The van der Waals surface area contributed by atoms with Crippen LogP contribution in [0.5, 0.6) is 0 Å². The van der Waals surface area contributed by atoms with Gasteiger partial charge >= 0.3 is 6.03 Å². The Bertz CT molecular complexity index is 1050. The molecule has 1 aromatic heterocycles. The Balaban J connectivity index is 1.75. The molecule has 6 nitrogen and oxygen atoms in total. The molecule has 1 fully saturated rings. The van der Waals surface area contributed by atoms with E-state index < -0.39 is 23.3 Å². The van der Waals surface area contributed by atoms with Gasteiger partial charge in [-0.1, -0.05) is 11.8 Å². The molecule has 0 unspecified atom stereocenters. The minimum absolute atomic E-state index is 0.0321. The Kier molecular flexibility index (Phi) is 4.98. The number of amides is 2. The van der Waals surface area contributed by atoms with Gasteiger partial charge in [0.25, 0.3) is 5.92 Å². The zero-order valence-corrected chi connectivity index (χ0v) is 16.6. The number of hydrogen-bond acceptors (Lipinski definition) is 3. The van der Waals surface area contributed by atoms with Gasteiger partial charge in [-0.15, -0.1) is 0 Å². The summed E-state index contributed by atoms with van der Waals surface area (Å²) in [5.74, 6) is 1.28. The molecule has 30 heavy (non-hydrogen) atoms. The summed E-state index contributed by atoms with van der Waals surface area (Å²) in [6.45, 7) is 1.11. The number of benzene rings is 1. The Morgan fingerprint density at radius 1 is 1.40 bits per heavy atom. The minimum atomic E-state index is -3.44. The SMILES string of the molecule is COCc1cnn(Cc2cc3c(cc2F)[C@@](C#CC2CC2)(C(C)(F)F)NC(=O)N3)c1. The second kappa shape index (κ2) is 7.36. The van der Waals surface area contributed by atoms with Crippen LogP contribution in [0.4, 0.5) is 23.7 Å². The molecule has 0 radical (unpaired) electrons. The van der Waals surface area contributed by atoms with Crippen LogP contribution in [0.25, 0.3) is 0 Å². The Morgan fingerprint density at radius 3 is 2.83 bits per heavy atom. The summed E-state index contributed by atoms with van der Waals surface area (Å²) in [6.07, 6.45) is 4.97. The molecule has 1 atom stereocenters. The van der Waals surface area contributed by atoms with Gasteiger partial charge in [0, 0.05) is 48.5 Å². The molecule has 2 heterocycles. The number of fused-ring (bicyclic) bond motifs is 1. The van der Waals surface area contributed by atoms with Crippen molar-refractivity contribution < 1.29 is 22.7 Å². The molecule has 4 rings (SSSR count). The van der Waals surface area contributed by atoms with Crippen molar-refractivity contribution in [2.75, 3.05) is 12.4 Å². The summed E-state index contributed by atoms with van der Waals surface area (Å²) in [6, 6.07) is 1.57. The number of halogens is 3. The lowest BCUT2D eigenvalue weighted by atomic mass is 9.81. The van der Waals surface area contributed by atoms with E-state index >= 15 is 0 Å². The summed E-state index contributed by atoms with van der Waals surface area (Å²) in [5.41, 5.74) is -1.28. The second-order valence-corrected chi connectivity index (χ2v) is 7.73. The third-order valence-corrected chi connectivity index (χ3v) is 5.17. The summed E-state index contributed by atoms with van der Waals surface area (Å²) in [7, 11) is 1.55. The van der Waals surface area contributed by atoms with Crippen molar-refractivity contribution in [1.29, 1.82) is 0 Å². The average Bonchev–Trinajstić information content (AvgIpc) is 3.39. The normalized spacial score (nSPS) is 20.6.